The molecule has 0 spiro atoms. The van der Waals surface area contributed by atoms with Crippen LogP contribution in [-0.2, 0) is 11.3 Å². The summed E-state index contributed by atoms with van der Waals surface area (Å²) in [5.74, 6) is -0.0890. The monoisotopic (exact) mass is 372 g/mol. The third-order valence-corrected chi connectivity index (χ3v) is 3.87. The average Bonchev–Trinajstić information content (AvgIpc) is 3.04. The zero-order valence-electron chi connectivity index (χ0n) is 14.0. The molecule has 3 rings (SSSR count). The molecule has 6 nitrogen and oxygen atoms in total. The number of fused-ring (bicyclic) bond motifs is 1. The van der Waals surface area contributed by atoms with E-state index in [4.69, 9.17) is 20.8 Å². The lowest BCUT2D eigenvalue weighted by atomic mass is 10.2. The van der Waals surface area contributed by atoms with Crippen LogP contribution in [0.25, 0.3) is 11.0 Å². The van der Waals surface area contributed by atoms with Crippen molar-refractivity contribution in [3.8, 4) is 0 Å². The SMILES string of the molecule is CCOC(=O)Nc1ccc(CNC(=O)c2cc3cc(Cl)ccc3o2)cc1. The van der Waals surface area contributed by atoms with Gasteiger partial charge in [0, 0.05) is 22.6 Å². The number of benzene rings is 2. The zero-order valence-corrected chi connectivity index (χ0v) is 14.8. The lowest BCUT2D eigenvalue weighted by molar-refractivity contribution is 0.0925. The molecular formula is C19H17ClN2O4. The van der Waals surface area contributed by atoms with E-state index in [0.29, 0.717) is 29.4 Å². The first-order valence-electron chi connectivity index (χ1n) is 8.05. The van der Waals surface area contributed by atoms with Crippen LogP contribution in [0.1, 0.15) is 23.0 Å². The first kappa shape index (κ1) is 17.8. The smallest absolute Gasteiger partial charge is 0.411 e. The van der Waals surface area contributed by atoms with Crippen molar-refractivity contribution in [3.63, 3.8) is 0 Å². The van der Waals surface area contributed by atoms with Crippen LogP contribution < -0.4 is 10.6 Å². The number of carbonyl (C=O) groups is 2. The van der Waals surface area contributed by atoms with Crippen molar-refractivity contribution in [2.45, 2.75) is 13.5 Å². The van der Waals surface area contributed by atoms with Gasteiger partial charge >= 0.3 is 6.09 Å². The summed E-state index contributed by atoms with van der Waals surface area (Å²) >= 11 is 5.93. The second-order valence-electron chi connectivity index (χ2n) is 5.52. The highest BCUT2D eigenvalue weighted by Crippen LogP contribution is 2.23. The van der Waals surface area contributed by atoms with Gasteiger partial charge in [0.25, 0.3) is 5.91 Å². The minimum Gasteiger partial charge on any atom is -0.451 e. The Bertz CT molecular complexity index is 934. The molecule has 0 saturated heterocycles. The van der Waals surface area contributed by atoms with Crippen molar-refractivity contribution in [2.24, 2.45) is 0 Å². The zero-order chi connectivity index (χ0) is 18.5. The Kier molecular flexibility index (Phi) is 5.43. The molecule has 0 aliphatic carbocycles. The third kappa shape index (κ3) is 4.34. The molecule has 2 aromatic carbocycles. The van der Waals surface area contributed by atoms with Crippen LogP contribution >= 0.6 is 11.6 Å². The Labute approximate surface area is 155 Å². The average molecular weight is 373 g/mol. The van der Waals surface area contributed by atoms with E-state index in [1.807, 2.05) is 0 Å². The topological polar surface area (TPSA) is 80.6 Å². The van der Waals surface area contributed by atoms with Crippen molar-refractivity contribution < 1.29 is 18.7 Å². The third-order valence-electron chi connectivity index (χ3n) is 3.63. The standard InChI is InChI=1S/C19H17ClN2O4/c1-2-25-19(24)22-15-6-3-12(4-7-15)11-21-18(23)17-10-13-9-14(20)5-8-16(13)26-17/h3-10H,2,11H2,1H3,(H,21,23)(H,22,24). The Hall–Kier alpha value is -2.99. The maximum absolute atomic E-state index is 12.2. The minimum absolute atomic E-state index is 0.225. The van der Waals surface area contributed by atoms with Crippen LogP contribution in [-0.4, -0.2) is 18.6 Å². The van der Waals surface area contributed by atoms with Crippen LogP contribution in [0.2, 0.25) is 5.02 Å². The Morgan fingerprint density at radius 3 is 2.62 bits per heavy atom. The van der Waals surface area contributed by atoms with Gasteiger partial charge in [-0.25, -0.2) is 4.79 Å². The molecule has 2 N–H and O–H groups in total. The summed E-state index contributed by atoms with van der Waals surface area (Å²) in [4.78, 5) is 23.6. The summed E-state index contributed by atoms with van der Waals surface area (Å²) in [7, 11) is 0. The first-order chi connectivity index (χ1) is 12.5. The predicted octanol–water partition coefficient (Wildman–Crippen LogP) is 4.58. The molecule has 1 heterocycles. The van der Waals surface area contributed by atoms with Crippen LogP contribution in [0.15, 0.2) is 52.9 Å². The van der Waals surface area contributed by atoms with E-state index in [9.17, 15) is 9.59 Å². The second-order valence-corrected chi connectivity index (χ2v) is 5.95. The quantitative estimate of drug-likeness (QED) is 0.686. The highest BCUT2D eigenvalue weighted by atomic mass is 35.5. The van der Waals surface area contributed by atoms with Gasteiger partial charge in [0.2, 0.25) is 0 Å². The van der Waals surface area contributed by atoms with E-state index in [1.165, 1.54) is 0 Å². The lowest BCUT2D eigenvalue weighted by Crippen LogP contribution is -2.22. The van der Waals surface area contributed by atoms with E-state index in [0.717, 1.165) is 10.9 Å². The van der Waals surface area contributed by atoms with Gasteiger partial charge in [-0.2, -0.15) is 0 Å². The number of hydrogen-bond acceptors (Lipinski definition) is 4. The van der Waals surface area contributed by atoms with Crippen LogP contribution in [0.5, 0.6) is 0 Å². The molecule has 26 heavy (non-hydrogen) atoms. The highest BCUT2D eigenvalue weighted by molar-refractivity contribution is 6.31. The van der Waals surface area contributed by atoms with Gasteiger partial charge in [-0.15, -0.1) is 0 Å². The Morgan fingerprint density at radius 1 is 1.12 bits per heavy atom. The molecule has 2 amide bonds. The highest BCUT2D eigenvalue weighted by Gasteiger charge is 2.12. The van der Waals surface area contributed by atoms with Crippen molar-refractivity contribution in [2.75, 3.05) is 11.9 Å². The largest absolute Gasteiger partial charge is 0.451 e. The molecule has 134 valence electrons. The maximum atomic E-state index is 12.2. The number of rotatable bonds is 5. The van der Waals surface area contributed by atoms with Crippen LogP contribution in [0, 0.1) is 0 Å². The summed E-state index contributed by atoms with van der Waals surface area (Å²) in [5, 5.41) is 6.76. The van der Waals surface area contributed by atoms with Gasteiger partial charge in [-0.3, -0.25) is 10.1 Å². The van der Waals surface area contributed by atoms with Gasteiger partial charge in [0.05, 0.1) is 6.61 Å². The number of amides is 2. The first-order valence-corrected chi connectivity index (χ1v) is 8.43. The molecule has 0 aliphatic heterocycles. The number of furan rings is 1. The maximum Gasteiger partial charge on any atom is 0.411 e. The summed E-state index contributed by atoms with van der Waals surface area (Å²) in [6.45, 7) is 2.38. The molecule has 1 aromatic heterocycles. The van der Waals surface area contributed by atoms with Crippen molar-refractivity contribution in [1.82, 2.24) is 5.32 Å². The number of halogens is 1. The predicted molar refractivity (Wildman–Crippen MR) is 99.5 cm³/mol. The molecule has 3 aromatic rings. The number of carbonyl (C=O) groups excluding carboxylic acids is 2. The lowest BCUT2D eigenvalue weighted by Gasteiger charge is -2.07. The fourth-order valence-corrected chi connectivity index (χ4v) is 2.57. The summed E-state index contributed by atoms with van der Waals surface area (Å²) in [5.41, 5.74) is 2.11. The van der Waals surface area contributed by atoms with Gasteiger partial charge < -0.3 is 14.5 Å². The van der Waals surface area contributed by atoms with Gasteiger partial charge in [0.15, 0.2) is 5.76 Å². The summed E-state index contributed by atoms with van der Waals surface area (Å²) < 4.78 is 10.3. The fraction of sp³-hybridized carbons (Fsp3) is 0.158. The van der Waals surface area contributed by atoms with Gasteiger partial charge in [-0.05, 0) is 48.9 Å². The van der Waals surface area contributed by atoms with Gasteiger partial charge in [-0.1, -0.05) is 23.7 Å². The molecule has 0 unspecified atom stereocenters. The van der Waals surface area contributed by atoms with E-state index < -0.39 is 6.09 Å². The molecule has 0 aliphatic rings. The van der Waals surface area contributed by atoms with Crippen LogP contribution in [0.3, 0.4) is 0 Å². The summed E-state index contributed by atoms with van der Waals surface area (Å²) in [6, 6.07) is 13.9. The van der Waals surface area contributed by atoms with Gasteiger partial charge in [0.1, 0.15) is 5.58 Å². The number of anilines is 1. The number of hydrogen-bond donors (Lipinski definition) is 2. The molecule has 0 bridgehead atoms. The minimum atomic E-state index is -0.501. The van der Waals surface area contributed by atoms with Crippen molar-refractivity contribution in [3.05, 3.63) is 64.9 Å². The fourth-order valence-electron chi connectivity index (χ4n) is 2.39. The molecule has 0 radical (unpaired) electrons. The molecule has 0 fully saturated rings. The van der Waals surface area contributed by atoms with E-state index in [1.54, 1.807) is 55.5 Å². The van der Waals surface area contributed by atoms with E-state index in [-0.39, 0.29) is 11.7 Å². The number of nitrogens with one attached hydrogen (secondary N) is 2. The summed E-state index contributed by atoms with van der Waals surface area (Å²) in [6.07, 6.45) is -0.501. The molecular weight excluding hydrogens is 356 g/mol. The van der Waals surface area contributed by atoms with Crippen LogP contribution in [0.4, 0.5) is 10.5 Å². The molecule has 0 atom stereocenters. The Balaban J connectivity index is 1.59. The van der Waals surface area contributed by atoms with E-state index >= 15 is 0 Å². The van der Waals surface area contributed by atoms with Crippen molar-refractivity contribution in [1.29, 1.82) is 0 Å². The second kappa shape index (κ2) is 7.93. The molecule has 0 saturated carbocycles. The Morgan fingerprint density at radius 2 is 1.88 bits per heavy atom. The van der Waals surface area contributed by atoms with Crippen molar-refractivity contribution >= 4 is 40.3 Å². The normalized spacial score (nSPS) is 10.5. The van der Waals surface area contributed by atoms with E-state index in [2.05, 4.69) is 10.6 Å². The number of ether oxygens (including phenoxy) is 1. The molecule has 7 heteroatoms.